The number of furan rings is 1. The van der Waals surface area contributed by atoms with Crippen LogP contribution in [-0.2, 0) is 5.41 Å². The van der Waals surface area contributed by atoms with E-state index in [2.05, 4.69) is 166 Å². The Balaban J connectivity index is 1.17. The molecule has 0 aliphatic heterocycles. The van der Waals surface area contributed by atoms with Crippen LogP contribution in [0.3, 0.4) is 0 Å². The molecule has 0 spiro atoms. The van der Waals surface area contributed by atoms with Gasteiger partial charge in [0.05, 0.1) is 5.56 Å². The van der Waals surface area contributed by atoms with E-state index in [1.54, 1.807) is 0 Å². The van der Waals surface area contributed by atoms with Crippen LogP contribution in [0.15, 0.2) is 168 Å². The molecule has 7 aromatic carbocycles. The van der Waals surface area contributed by atoms with Gasteiger partial charge in [-0.1, -0.05) is 166 Å². The predicted octanol–water partition coefficient (Wildman–Crippen LogP) is 12.4. The van der Waals surface area contributed by atoms with E-state index in [1.165, 1.54) is 27.8 Å². The van der Waals surface area contributed by atoms with Gasteiger partial charge in [0.25, 0.3) is 0 Å². The van der Waals surface area contributed by atoms with Crippen molar-refractivity contribution in [3.63, 3.8) is 0 Å². The SMILES string of the molecule is CC1(C)c2ccccc2-c2ccc(-c3nc(-c4ccc(-c5ccccc5)cc4)nc(-c4cccc5c4oc4c(-c6ccccc6)cccc45)n3)cc21. The average Bonchev–Trinajstić information content (AvgIpc) is 3.70. The molecular formula is C48H33N3O. The molecule has 0 unspecified atom stereocenters. The van der Waals surface area contributed by atoms with Gasteiger partial charge in [0.1, 0.15) is 11.2 Å². The lowest BCUT2D eigenvalue weighted by Gasteiger charge is -2.21. The Morgan fingerprint density at radius 1 is 0.365 bits per heavy atom. The molecule has 0 saturated carbocycles. The number of rotatable bonds is 5. The third-order valence-corrected chi connectivity index (χ3v) is 10.6. The molecule has 0 amide bonds. The topological polar surface area (TPSA) is 51.8 Å². The second kappa shape index (κ2) is 11.7. The third kappa shape index (κ3) is 4.79. The second-order valence-electron chi connectivity index (χ2n) is 14.0. The molecule has 0 radical (unpaired) electrons. The van der Waals surface area contributed by atoms with Crippen LogP contribution in [0.25, 0.3) is 89.5 Å². The molecule has 0 atom stereocenters. The number of aromatic nitrogens is 3. The van der Waals surface area contributed by atoms with E-state index in [9.17, 15) is 0 Å². The van der Waals surface area contributed by atoms with E-state index in [1.807, 2.05) is 12.1 Å². The maximum Gasteiger partial charge on any atom is 0.167 e. The molecule has 0 fully saturated rings. The second-order valence-corrected chi connectivity index (χ2v) is 14.0. The predicted molar refractivity (Wildman–Crippen MR) is 212 cm³/mol. The molecule has 52 heavy (non-hydrogen) atoms. The van der Waals surface area contributed by atoms with Crippen molar-refractivity contribution in [2.45, 2.75) is 19.3 Å². The monoisotopic (exact) mass is 667 g/mol. The standard InChI is InChI=1S/C48H33N3O/c1-48(2)41-22-10-9-17-36(41)37-28-27-34(29-42(37)48)46-49-45(33-25-23-31(24-26-33)30-13-5-3-6-14-30)50-47(51-46)40-21-12-20-39-38-19-11-18-35(43(38)52-44(39)40)32-15-7-4-8-16-32/h3-29H,1-2H3. The molecule has 4 nitrogen and oxygen atoms in total. The fourth-order valence-corrected chi connectivity index (χ4v) is 7.88. The van der Waals surface area contributed by atoms with Gasteiger partial charge in [-0.05, 0) is 51.1 Å². The van der Waals surface area contributed by atoms with Crippen molar-refractivity contribution < 1.29 is 4.42 Å². The van der Waals surface area contributed by atoms with Crippen molar-refractivity contribution in [3.8, 4) is 67.5 Å². The van der Waals surface area contributed by atoms with E-state index in [0.29, 0.717) is 17.5 Å². The van der Waals surface area contributed by atoms with Crippen LogP contribution in [0.5, 0.6) is 0 Å². The zero-order valence-electron chi connectivity index (χ0n) is 28.8. The van der Waals surface area contributed by atoms with E-state index in [0.717, 1.165) is 55.3 Å². The fourth-order valence-electron chi connectivity index (χ4n) is 7.88. The molecular weight excluding hydrogens is 635 g/mol. The third-order valence-electron chi connectivity index (χ3n) is 10.6. The number of hydrogen-bond acceptors (Lipinski definition) is 4. The van der Waals surface area contributed by atoms with Crippen LogP contribution in [-0.4, -0.2) is 15.0 Å². The first-order valence-corrected chi connectivity index (χ1v) is 17.7. The highest BCUT2D eigenvalue weighted by atomic mass is 16.3. The summed E-state index contributed by atoms with van der Waals surface area (Å²) in [6.45, 7) is 4.60. The van der Waals surface area contributed by atoms with Gasteiger partial charge in [-0.25, -0.2) is 15.0 Å². The molecule has 246 valence electrons. The van der Waals surface area contributed by atoms with E-state index < -0.39 is 0 Å². The van der Waals surface area contributed by atoms with E-state index in [4.69, 9.17) is 19.4 Å². The highest BCUT2D eigenvalue weighted by Gasteiger charge is 2.35. The van der Waals surface area contributed by atoms with Crippen LogP contribution in [0.4, 0.5) is 0 Å². The van der Waals surface area contributed by atoms with Gasteiger partial charge < -0.3 is 4.42 Å². The molecule has 10 rings (SSSR count). The first kappa shape index (κ1) is 30.2. The maximum absolute atomic E-state index is 6.80. The van der Waals surface area contributed by atoms with Crippen molar-refractivity contribution in [2.75, 3.05) is 0 Å². The Bertz CT molecular complexity index is 2800. The molecule has 2 aromatic heterocycles. The molecule has 1 aliphatic rings. The molecule has 0 N–H and O–H groups in total. The van der Waals surface area contributed by atoms with Gasteiger partial charge in [0, 0.05) is 32.9 Å². The zero-order chi connectivity index (χ0) is 34.8. The lowest BCUT2D eigenvalue weighted by molar-refractivity contribution is 0.660. The Labute approximate surface area is 302 Å². The number of fused-ring (bicyclic) bond motifs is 6. The minimum absolute atomic E-state index is 0.149. The van der Waals surface area contributed by atoms with Crippen molar-refractivity contribution in [1.82, 2.24) is 15.0 Å². The normalized spacial score (nSPS) is 13.0. The minimum atomic E-state index is -0.149. The summed E-state index contributed by atoms with van der Waals surface area (Å²) in [7, 11) is 0. The van der Waals surface area contributed by atoms with Gasteiger partial charge >= 0.3 is 0 Å². The average molecular weight is 668 g/mol. The van der Waals surface area contributed by atoms with Gasteiger partial charge in [-0.2, -0.15) is 0 Å². The van der Waals surface area contributed by atoms with Crippen molar-refractivity contribution in [2.24, 2.45) is 0 Å². The van der Waals surface area contributed by atoms with Crippen LogP contribution in [0.1, 0.15) is 25.0 Å². The van der Waals surface area contributed by atoms with Gasteiger partial charge in [-0.3, -0.25) is 0 Å². The molecule has 4 heteroatoms. The van der Waals surface area contributed by atoms with E-state index in [-0.39, 0.29) is 5.41 Å². The summed E-state index contributed by atoms with van der Waals surface area (Å²) in [5, 5.41) is 2.09. The molecule has 0 bridgehead atoms. The van der Waals surface area contributed by atoms with Gasteiger partial charge in [0.2, 0.25) is 0 Å². The van der Waals surface area contributed by atoms with Crippen molar-refractivity contribution in [3.05, 3.63) is 175 Å². The largest absolute Gasteiger partial charge is 0.455 e. The zero-order valence-corrected chi connectivity index (χ0v) is 28.8. The van der Waals surface area contributed by atoms with Crippen LogP contribution in [0.2, 0.25) is 0 Å². The summed E-state index contributed by atoms with van der Waals surface area (Å²) in [5.41, 5.74) is 13.8. The lowest BCUT2D eigenvalue weighted by atomic mass is 9.82. The number of nitrogens with zero attached hydrogens (tertiary/aromatic N) is 3. The summed E-state index contributed by atoms with van der Waals surface area (Å²) in [6, 6.07) is 57.2. The summed E-state index contributed by atoms with van der Waals surface area (Å²) in [5.74, 6) is 1.81. The number of para-hydroxylation sites is 2. The number of benzene rings is 7. The van der Waals surface area contributed by atoms with E-state index >= 15 is 0 Å². The van der Waals surface area contributed by atoms with Gasteiger partial charge in [-0.15, -0.1) is 0 Å². The first-order valence-electron chi connectivity index (χ1n) is 17.7. The van der Waals surface area contributed by atoms with Crippen molar-refractivity contribution >= 4 is 21.9 Å². The molecule has 0 saturated heterocycles. The Morgan fingerprint density at radius 3 is 1.60 bits per heavy atom. The summed E-state index contributed by atoms with van der Waals surface area (Å²) >= 11 is 0. The fraction of sp³-hybridized carbons (Fsp3) is 0.0625. The van der Waals surface area contributed by atoms with Crippen LogP contribution in [0, 0.1) is 0 Å². The van der Waals surface area contributed by atoms with Crippen molar-refractivity contribution in [1.29, 1.82) is 0 Å². The van der Waals surface area contributed by atoms with Gasteiger partial charge in [0.15, 0.2) is 17.5 Å². The summed E-state index contributed by atoms with van der Waals surface area (Å²) in [6.07, 6.45) is 0. The smallest absolute Gasteiger partial charge is 0.167 e. The first-order chi connectivity index (χ1) is 25.5. The lowest BCUT2D eigenvalue weighted by Crippen LogP contribution is -2.15. The Hall–Kier alpha value is -6.65. The maximum atomic E-state index is 6.80. The Morgan fingerprint density at radius 2 is 0.865 bits per heavy atom. The Kier molecular flexibility index (Phi) is 6.80. The molecule has 2 heterocycles. The number of hydrogen-bond donors (Lipinski definition) is 0. The molecule has 1 aliphatic carbocycles. The highest BCUT2D eigenvalue weighted by Crippen LogP contribution is 2.49. The van der Waals surface area contributed by atoms with Crippen LogP contribution < -0.4 is 0 Å². The highest BCUT2D eigenvalue weighted by molar-refractivity contribution is 6.12. The van der Waals surface area contributed by atoms with Crippen LogP contribution >= 0.6 is 0 Å². The summed E-state index contributed by atoms with van der Waals surface area (Å²) < 4.78 is 6.80. The summed E-state index contributed by atoms with van der Waals surface area (Å²) in [4.78, 5) is 15.5. The minimum Gasteiger partial charge on any atom is -0.455 e. The molecule has 9 aromatic rings. The quantitative estimate of drug-likeness (QED) is 0.183.